The van der Waals surface area contributed by atoms with Gasteiger partial charge in [0, 0.05) is 24.8 Å². The number of aromatic nitrogens is 4. The van der Waals surface area contributed by atoms with E-state index in [0.29, 0.717) is 17.5 Å². The zero-order valence-electron chi connectivity index (χ0n) is 10.0. The third-order valence-electron chi connectivity index (χ3n) is 2.70. The first-order chi connectivity index (χ1) is 8.08. The highest BCUT2D eigenvalue weighted by Crippen LogP contribution is 2.13. The first kappa shape index (κ1) is 11.9. The second-order valence-electron chi connectivity index (χ2n) is 3.85. The van der Waals surface area contributed by atoms with Gasteiger partial charge in [-0.05, 0) is 13.8 Å². The SMILES string of the molecule is Cc1nn(C)c(C)c1CNc1ncc(Cl)cn1. The zero-order valence-corrected chi connectivity index (χ0v) is 10.8. The van der Waals surface area contributed by atoms with E-state index in [9.17, 15) is 0 Å². The maximum Gasteiger partial charge on any atom is 0.222 e. The Morgan fingerprint density at radius 3 is 2.47 bits per heavy atom. The predicted octanol–water partition coefficient (Wildman–Crippen LogP) is 2.09. The number of hydrogen-bond acceptors (Lipinski definition) is 4. The molecule has 0 unspecified atom stereocenters. The molecule has 0 radical (unpaired) electrons. The van der Waals surface area contributed by atoms with E-state index in [2.05, 4.69) is 20.4 Å². The van der Waals surface area contributed by atoms with E-state index in [-0.39, 0.29) is 0 Å². The number of hydrogen-bond donors (Lipinski definition) is 1. The average Bonchev–Trinajstić information content (AvgIpc) is 2.54. The fourth-order valence-corrected chi connectivity index (χ4v) is 1.74. The Bertz CT molecular complexity index is 517. The van der Waals surface area contributed by atoms with E-state index in [0.717, 1.165) is 11.4 Å². The fraction of sp³-hybridized carbons (Fsp3) is 0.364. The Hall–Kier alpha value is -1.62. The molecule has 0 bridgehead atoms. The smallest absolute Gasteiger partial charge is 0.222 e. The van der Waals surface area contributed by atoms with Crippen molar-refractivity contribution < 1.29 is 0 Å². The molecule has 0 saturated carbocycles. The van der Waals surface area contributed by atoms with E-state index >= 15 is 0 Å². The van der Waals surface area contributed by atoms with Crippen LogP contribution in [-0.2, 0) is 13.6 Å². The number of anilines is 1. The molecule has 2 aromatic heterocycles. The van der Waals surface area contributed by atoms with Gasteiger partial charge in [-0.25, -0.2) is 9.97 Å². The summed E-state index contributed by atoms with van der Waals surface area (Å²) in [5.41, 5.74) is 3.33. The first-order valence-electron chi connectivity index (χ1n) is 5.28. The molecule has 5 nitrogen and oxygen atoms in total. The molecule has 17 heavy (non-hydrogen) atoms. The summed E-state index contributed by atoms with van der Waals surface area (Å²) in [4.78, 5) is 8.16. The number of halogens is 1. The van der Waals surface area contributed by atoms with Crippen LogP contribution >= 0.6 is 11.6 Å². The Morgan fingerprint density at radius 1 is 1.29 bits per heavy atom. The van der Waals surface area contributed by atoms with Crippen LogP contribution in [-0.4, -0.2) is 19.7 Å². The summed E-state index contributed by atoms with van der Waals surface area (Å²) in [5.74, 6) is 0.567. The second kappa shape index (κ2) is 4.71. The van der Waals surface area contributed by atoms with E-state index in [1.54, 1.807) is 12.4 Å². The van der Waals surface area contributed by atoms with Gasteiger partial charge in [0.2, 0.25) is 5.95 Å². The molecule has 0 aliphatic heterocycles. The van der Waals surface area contributed by atoms with E-state index in [1.165, 1.54) is 5.56 Å². The summed E-state index contributed by atoms with van der Waals surface area (Å²) in [6, 6.07) is 0. The van der Waals surface area contributed by atoms with Crippen molar-refractivity contribution in [2.24, 2.45) is 7.05 Å². The highest BCUT2D eigenvalue weighted by Gasteiger charge is 2.09. The molecule has 0 fully saturated rings. The van der Waals surface area contributed by atoms with E-state index in [1.807, 2.05) is 25.6 Å². The van der Waals surface area contributed by atoms with E-state index < -0.39 is 0 Å². The molecule has 0 aromatic carbocycles. The van der Waals surface area contributed by atoms with Crippen molar-refractivity contribution in [1.82, 2.24) is 19.7 Å². The van der Waals surface area contributed by atoms with Gasteiger partial charge in [-0.1, -0.05) is 11.6 Å². The molecule has 0 saturated heterocycles. The van der Waals surface area contributed by atoms with Crippen LogP contribution in [0.1, 0.15) is 17.0 Å². The molecular formula is C11H14ClN5. The van der Waals surface area contributed by atoms with Gasteiger partial charge in [0.25, 0.3) is 0 Å². The fourth-order valence-electron chi connectivity index (χ4n) is 1.64. The number of nitrogens with zero attached hydrogens (tertiary/aromatic N) is 4. The Morgan fingerprint density at radius 2 is 1.94 bits per heavy atom. The average molecular weight is 252 g/mol. The van der Waals surface area contributed by atoms with Gasteiger partial charge in [-0.2, -0.15) is 5.10 Å². The zero-order chi connectivity index (χ0) is 12.4. The molecule has 0 amide bonds. The van der Waals surface area contributed by atoms with Crippen LogP contribution in [0.2, 0.25) is 5.02 Å². The quantitative estimate of drug-likeness (QED) is 0.908. The molecule has 1 N–H and O–H groups in total. The number of nitrogens with one attached hydrogen (secondary N) is 1. The molecule has 0 aliphatic carbocycles. The van der Waals surface area contributed by atoms with Crippen molar-refractivity contribution in [1.29, 1.82) is 0 Å². The summed E-state index contributed by atoms with van der Waals surface area (Å²) in [7, 11) is 1.94. The molecule has 2 heterocycles. The van der Waals surface area contributed by atoms with Crippen molar-refractivity contribution in [3.63, 3.8) is 0 Å². The normalized spacial score (nSPS) is 10.6. The van der Waals surface area contributed by atoms with Gasteiger partial charge in [-0.15, -0.1) is 0 Å². The summed E-state index contributed by atoms with van der Waals surface area (Å²) in [5, 5.41) is 8.03. The van der Waals surface area contributed by atoms with Gasteiger partial charge < -0.3 is 5.32 Å². The maximum absolute atomic E-state index is 5.72. The lowest BCUT2D eigenvalue weighted by molar-refractivity contribution is 0.730. The lowest BCUT2D eigenvalue weighted by Crippen LogP contribution is -2.05. The molecule has 0 aliphatic rings. The van der Waals surface area contributed by atoms with Crippen molar-refractivity contribution in [3.8, 4) is 0 Å². The highest BCUT2D eigenvalue weighted by atomic mass is 35.5. The predicted molar refractivity (Wildman–Crippen MR) is 67.1 cm³/mol. The van der Waals surface area contributed by atoms with Gasteiger partial charge in [0.05, 0.1) is 23.1 Å². The highest BCUT2D eigenvalue weighted by molar-refractivity contribution is 6.30. The largest absolute Gasteiger partial charge is 0.350 e. The molecule has 90 valence electrons. The third kappa shape index (κ3) is 2.55. The summed E-state index contributed by atoms with van der Waals surface area (Å²) >= 11 is 5.72. The monoisotopic (exact) mass is 251 g/mol. The van der Waals surface area contributed by atoms with Gasteiger partial charge in [-0.3, -0.25) is 4.68 Å². The molecule has 6 heteroatoms. The third-order valence-corrected chi connectivity index (χ3v) is 2.90. The van der Waals surface area contributed by atoms with E-state index in [4.69, 9.17) is 11.6 Å². The van der Waals surface area contributed by atoms with Crippen molar-refractivity contribution >= 4 is 17.5 Å². The Labute approximate surface area is 105 Å². The first-order valence-corrected chi connectivity index (χ1v) is 5.66. The van der Waals surface area contributed by atoms with Crippen LogP contribution in [0.4, 0.5) is 5.95 Å². The minimum absolute atomic E-state index is 0.532. The molecule has 2 aromatic rings. The lowest BCUT2D eigenvalue weighted by atomic mass is 10.2. The maximum atomic E-state index is 5.72. The topological polar surface area (TPSA) is 55.6 Å². The summed E-state index contributed by atoms with van der Waals surface area (Å²) < 4.78 is 1.87. The van der Waals surface area contributed by atoms with Crippen LogP contribution < -0.4 is 5.32 Å². The van der Waals surface area contributed by atoms with Gasteiger partial charge in [0.15, 0.2) is 0 Å². The van der Waals surface area contributed by atoms with Gasteiger partial charge >= 0.3 is 0 Å². The lowest BCUT2D eigenvalue weighted by Gasteiger charge is -2.04. The minimum Gasteiger partial charge on any atom is -0.350 e. The van der Waals surface area contributed by atoms with Crippen LogP contribution in [0.3, 0.4) is 0 Å². The molecule has 0 atom stereocenters. The number of rotatable bonds is 3. The standard InChI is InChI=1S/C11H14ClN5/c1-7-10(8(2)17(3)16-7)6-15-11-13-4-9(12)5-14-11/h4-5H,6H2,1-3H3,(H,13,14,15). The van der Waals surface area contributed by atoms with Crippen LogP contribution in [0.5, 0.6) is 0 Å². The molecular weight excluding hydrogens is 238 g/mol. The molecule has 2 rings (SSSR count). The van der Waals surface area contributed by atoms with Gasteiger partial charge in [0.1, 0.15) is 0 Å². The Kier molecular flexibility index (Phi) is 3.28. The Balaban J connectivity index is 2.09. The van der Waals surface area contributed by atoms with Crippen molar-refractivity contribution in [2.45, 2.75) is 20.4 Å². The summed E-state index contributed by atoms with van der Waals surface area (Å²) in [6.45, 7) is 4.69. The minimum atomic E-state index is 0.532. The van der Waals surface area contributed by atoms with Crippen LogP contribution in [0, 0.1) is 13.8 Å². The number of aryl methyl sites for hydroxylation is 2. The second-order valence-corrected chi connectivity index (χ2v) is 4.29. The van der Waals surface area contributed by atoms with Crippen LogP contribution in [0.15, 0.2) is 12.4 Å². The van der Waals surface area contributed by atoms with Crippen LogP contribution in [0.25, 0.3) is 0 Å². The van der Waals surface area contributed by atoms with Crippen molar-refractivity contribution in [2.75, 3.05) is 5.32 Å². The molecule has 0 spiro atoms. The summed E-state index contributed by atoms with van der Waals surface area (Å²) in [6.07, 6.45) is 3.14. The van der Waals surface area contributed by atoms with Crippen molar-refractivity contribution in [3.05, 3.63) is 34.4 Å².